The standard InChI is InChI=1S/C22H35N3O/c1-23(17-20-9-4-2-5-10-20)22(26)19-25-14-8-13-24(15-16-25)18-21-11-6-3-7-12-21/h2,4-5,9-10,21H,3,6-8,11-19H2,1H3. The first-order chi connectivity index (χ1) is 12.7. The third-order valence-electron chi connectivity index (χ3n) is 5.97. The Morgan fingerprint density at radius 2 is 1.65 bits per heavy atom. The summed E-state index contributed by atoms with van der Waals surface area (Å²) in [6.07, 6.45) is 8.30. The maximum absolute atomic E-state index is 12.6. The van der Waals surface area contributed by atoms with Crippen molar-refractivity contribution >= 4 is 5.91 Å². The van der Waals surface area contributed by atoms with Gasteiger partial charge >= 0.3 is 0 Å². The first kappa shape index (κ1) is 19.4. The summed E-state index contributed by atoms with van der Waals surface area (Å²) in [5.41, 5.74) is 1.19. The summed E-state index contributed by atoms with van der Waals surface area (Å²) in [6, 6.07) is 10.2. The normalized spacial score (nSPS) is 20.7. The van der Waals surface area contributed by atoms with Crippen molar-refractivity contribution < 1.29 is 4.79 Å². The summed E-state index contributed by atoms with van der Waals surface area (Å²) in [4.78, 5) is 19.5. The average Bonchev–Trinajstić information content (AvgIpc) is 2.88. The third kappa shape index (κ3) is 6.10. The molecule has 1 aliphatic carbocycles. The lowest BCUT2D eigenvalue weighted by Gasteiger charge is -2.29. The number of benzene rings is 1. The van der Waals surface area contributed by atoms with Gasteiger partial charge in [0.1, 0.15) is 0 Å². The molecule has 1 aromatic rings. The fourth-order valence-corrected chi connectivity index (χ4v) is 4.36. The van der Waals surface area contributed by atoms with Crippen molar-refractivity contribution in [3.05, 3.63) is 35.9 Å². The first-order valence-electron chi connectivity index (χ1n) is 10.4. The summed E-state index contributed by atoms with van der Waals surface area (Å²) < 4.78 is 0. The molecule has 144 valence electrons. The molecule has 0 atom stereocenters. The molecule has 0 bridgehead atoms. The maximum atomic E-state index is 12.6. The third-order valence-corrected chi connectivity index (χ3v) is 5.97. The second-order valence-electron chi connectivity index (χ2n) is 8.17. The molecular weight excluding hydrogens is 322 g/mol. The minimum Gasteiger partial charge on any atom is -0.340 e. The maximum Gasteiger partial charge on any atom is 0.236 e. The van der Waals surface area contributed by atoms with Crippen molar-refractivity contribution in [2.24, 2.45) is 5.92 Å². The number of nitrogens with zero attached hydrogens (tertiary/aromatic N) is 3. The Morgan fingerprint density at radius 3 is 2.42 bits per heavy atom. The molecule has 1 saturated carbocycles. The SMILES string of the molecule is CN(Cc1ccccc1)C(=O)CN1CCCN(CC2CCCCC2)CC1. The zero-order valence-corrected chi connectivity index (χ0v) is 16.4. The van der Waals surface area contributed by atoms with Crippen molar-refractivity contribution in [2.45, 2.75) is 45.1 Å². The molecule has 1 amide bonds. The molecule has 1 aromatic carbocycles. The highest BCUT2D eigenvalue weighted by Crippen LogP contribution is 2.24. The lowest BCUT2D eigenvalue weighted by molar-refractivity contribution is -0.131. The summed E-state index contributed by atoms with van der Waals surface area (Å²) in [5.74, 6) is 1.14. The van der Waals surface area contributed by atoms with Gasteiger partial charge in [0.15, 0.2) is 0 Å². The first-order valence-corrected chi connectivity index (χ1v) is 10.4. The average molecular weight is 358 g/mol. The number of rotatable bonds is 6. The molecule has 26 heavy (non-hydrogen) atoms. The summed E-state index contributed by atoms with van der Waals surface area (Å²) >= 11 is 0. The monoisotopic (exact) mass is 357 g/mol. The van der Waals surface area contributed by atoms with E-state index in [1.807, 2.05) is 30.1 Å². The Bertz CT molecular complexity index is 542. The van der Waals surface area contributed by atoms with Gasteiger partial charge in [-0.3, -0.25) is 9.69 Å². The molecule has 0 spiro atoms. The molecule has 0 aromatic heterocycles. The quantitative estimate of drug-likeness (QED) is 0.782. The Hall–Kier alpha value is -1.39. The highest BCUT2D eigenvalue weighted by molar-refractivity contribution is 5.78. The molecule has 3 rings (SSSR count). The zero-order valence-electron chi connectivity index (χ0n) is 16.4. The van der Waals surface area contributed by atoms with Gasteiger partial charge in [-0.2, -0.15) is 0 Å². The minimum absolute atomic E-state index is 0.231. The fraction of sp³-hybridized carbons (Fsp3) is 0.682. The van der Waals surface area contributed by atoms with Gasteiger partial charge in [0.05, 0.1) is 6.54 Å². The van der Waals surface area contributed by atoms with Crippen LogP contribution >= 0.6 is 0 Å². The molecule has 0 unspecified atom stereocenters. The van der Waals surface area contributed by atoms with Crippen LogP contribution in [0.3, 0.4) is 0 Å². The van der Waals surface area contributed by atoms with Crippen molar-refractivity contribution in [1.29, 1.82) is 0 Å². The number of carbonyl (C=O) groups is 1. The lowest BCUT2D eigenvalue weighted by atomic mass is 9.89. The van der Waals surface area contributed by atoms with E-state index in [0.717, 1.165) is 25.6 Å². The summed E-state index contributed by atoms with van der Waals surface area (Å²) in [5, 5.41) is 0. The fourth-order valence-electron chi connectivity index (χ4n) is 4.36. The van der Waals surface area contributed by atoms with Crippen LogP contribution in [0.4, 0.5) is 0 Å². The van der Waals surface area contributed by atoms with Crippen LogP contribution < -0.4 is 0 Å². The minimum atomic E-state index is 0.231. The van der Waals surface area contributed by atoms with E-state index in [9.17, 15) is 4.79 Å². The Labute approximate surface area is 159 Å². The van der Waals surface area contributed by atoms with Crippen LogP contribution in [0.25, 0.3) is 0 Å². The second kappa shape index (κ2) is 10.1. The number of carbonyl (C=O) groups excluding carboxylic acids is 1. The number of likely N-dealkylation sites (N-methyl/N-ethyl adjacent to an activating group) is 1. The van der Waals surface area contributed by atoms with Crippen molar-refractivity contribution in [3.63, 3.8) is 0 Å². The summed E-state index contributed by atoms with van der Waals surface area (Å²) in [6.45, 7) is 6.91. The van der Waals surface area contributed by atoms with E-state index in [2.05, 4.69) is 21.9 Å². The summed E-state index contributed by atoms with van der Waals surface area (Å²) in [7, 11) is 1.92. The van der Waals surface area contributed by atoms with Crippen LogP contribution in [0.5, 0.6) is 0 Å². The van der Waals surface area contributed by atoms with Crippen molar-refractivity contribution in [2.75, 3.05) is 46.3 Å². The molecule has 2 aliphatic rings. The highest BCUT2D eigenvalue weighted by atomic mass is 16.2. The number of hydrogen-bond donors (Lipinski definition) is 0. The zero-order chi connectivity index (χ0) is 18.2. The van der Waals surface area contributed by atoms with Gasteiger partial charge in [-0.05, 0) is 43.8 Å². The van der Waals surface area contributed by atoms with E-state index >= 15 is 0 Å². The topological polar surface area (TPSA) is 26.8 Å². The van der Waals surface area contributed by atoms with Crippen LogP contribution in [-0.2, 0) is 11.3 Å². The molecule has 1 heterocycles. The number of hydrogen-bond acceptors (Lipinski definition) is 3. The predicted molar refractivity (Wildman–Crippen MR) is 107 cm³/mol. The van der Waals surface area contributed by atoms with Gasteiger partial charge in [0.25, 0.3) is 0 Å². The second-order valence-corrected chi connectivity index (χ2v) is 8.17. The predicted octanol–water partition coefficient (Wildman–Crippen LogP) is 3.23. The van der Waals surface area contributed by atoms with Crippen LogP contribution in [0.1, 0.15) is 44.1 Å². The smallest absolute Gasteiger partial charge is 0.236 e. The molecule has 4 nitrogen and oxygen atoms in total. The van der Waals surface area contributed by atoms with E-state index in [4.69, 9.17) is 0 Å². The van der Waals surface area contributed by atoms with E-state index < -0.39 is 0 Å². The van der Waals surface area contributed by atoms with Crippen LogP contribution in [0.15, 0.2) is 30.3 Å². The van der Waals surface area contributed by atoms with E-state index in [-0.39, 0.29) is 5.91 Å². The van der Waals surface area contributed by atoms with Crippen LogP contribution in [0, 0.1) is 5.92 Å². The molecule has 2 fully saturated rings. The van der Waals surface area contributed by atoms with Gasteiger partial charge in [-0.1, -0.05) is 49.6 Å². The number of amides is 1. The van der Waals surface area contributed by atoms with E-state index in [1.54, 1.807) is 0 Å². The molecule has 1 saturated heterocycles. The molecule has 4 heteroatoms. The molecule has 0 radical (unpaired) electrons. The molecular formula is C22H35N3O. The van der Waals surface area contributed by atoms with E-state index in [0.29, 0.717) is 13.1 Å². The van der Waals surface area contributed by atoms with Crippen LogP contribution in [0.2, 0.25) is 0 Å². The lowest BCUT2D eigenvalue weighted by Crippen LogP contribution is -2.40. The van der Waals surface area contributed by atoms with Crippen molar-refractivity contribution in [1.82, 2.24) is 14.7 Å². The molecule has 1 aliphatic heterocycles. The highest BCUT2D eigenvalue weighted by Gasteiger charge is 2.22. The van der Waals surface area contributed by atoms with E-state index in [1.165, 1.54) is 57.2 Å². The largest absolute Gasteiger partial charge is 0.340 e. The van der Waals surface area contributed by atoms with Crippen LogP contribution in [-0.4, -0.2) is 66.9 Å². The van der Waals surface area contributed by atoms with Crippen molar-refractivity contribution in [3.8, 4) is 0 Å². The van der Waals surface area contributed by atoms with Gasteiger partial charge in [-0.25, -0.2) is 0 Å². The Balaban J connectivity index is 1.41. The van der Waals surface area contributed by atoms with Gasteiger partial charge in [-0.15, -0.1) is 0 Å². The molecule has 0 N–H and O–H groups in total. The Morgan fingerprint density at radius 1 is 0.962 bits per heavy atom. The van der Waals surface area contributed by atoms with Gasteiger partial charge in [0, 0.05) is 33.2 Å². The Kier molecular flexibility index (Phi) is 7.51. The van der Waals surface area contributed by atoms with Gasteiger partial charge < -0.3 is 9.80 Å². The van der Waals surface area contributed by atoms with Gasteiger partial charge in [0.2, 0.25) is 5.91 Å².